The van der Waals surface area contributed by atoms with Crippen LogP contribution in [0.4, 0.5) is 0 Å². The van der Waals surface area contributed by atoms with E-state index in [2.05, 4.69) is 16.3 Å². The second-order valence-corrected chi connectivity index (χ2v) is 7.91. The summed E-state index contributed by atoms with van der Waals surface area (Å²) in [6.45, 7) is -0.827. The first-order chi connectivity index (χ1) is 17.2. The maximum Gasteiger partial charge on any atom is 0.311 e. The summed E-state index contributed by atoms with van der Waals surface area (Å²) in [7, 11) is 2.88. The normalized spacial score (nSPS) is 14.6. The highest BCUT2D eigenvalue weighted by atomic mass is 35.5. The van der Waals surface area contributed by atoms with Gasteiger partial charge in [-0.25, -0.2) is 0 Å². The lowest BCUT2D eigenvalue weighted by Crippen LogP contribution is -2.44. The predicted molar refractivity (Wildman–Crippen MR) is 125 cm³/mol. The Labute approximate surface area is 210 Å². The standard InChI is InChI=1S/C23H23ClN4O8/c1-34-17-8-7-13(9-18(17)35-2)21(31)27-28-11-14(10-20(28)30)23(33)36-12-19(29)25-26-22(32)15-5-3-4-6-16(15)24/h3-9,14H,10-12H2,1-2H3,(H,25,29)(H,26,32)(H,27,31)/t14-/m0/s1. The molecule has 2 aromatic carbocycles. The Bertz CT molecular complexity index is 1190. The number of methoxy groups -OCH3 is 2. The van der Waals surface area contributed by atoms with E-state index < -0.39 is 42.1 Å². The first-order valence-corrected chi connectivity index (χ1v) is 10.9. The van der Waals surface area contributed by atoms with Crippen LogP contribution in [0.5, 0.6) is 11.5 Å². The first kappa shape index (κ1) is 26.3. The van der Waals surface area contributed by atoms with Gasteiger partial charge in [0.15, 0.2) is 18.1 Å². The number of benzene rings is 2. The van der Waals surface area contributed by atoms with Crippen molar-refractivity contribution in [2.45, 2.75) is 6.42 Å². The van der Waals surface area contributed by atoms with Crippen LogP contribution in [-0.4, -0.2) is 62.0 Å². The first-order valence-electron chi connectivity index (χ1n) is 10.6. The van der Waals surface area contributed by atoms with Crippen molar-refractivity contribution in [1.82, 2.24) is 21.3 Å². The van der Waals surface area contributed by atoms with Gasteiger partial charge in [-0.15, -0.1) is 0 Å². The molecule has 2 aromatic rings. The molecule has 1 atom stereocenters. The number of esters is 1. The van der Waals surface area contributed by atoms with E-state index in [1.54, 1.807) is 18.2 Å². The quantitative estimate of drug-likeness (QED) is 0.343. The van der Waals surface area contributed by atoms with Gasteiger partial charge in [0.1, 0.15) is 0 Å². The van der Waals surface area contributed by atoms with E-state index in [9.17, 15) is 24.0 Å². The van der Waals surface area contributed by atoms with Crippen LogP contribution in [0.25, 0.3) is 0 Å². The van der Waals surface area contributed by atoms with Crippen molar-refractivity contribution in [2.24, 2.45) is 5.92 Å². The molecule has 4 amide bonds. The molecule has 0 spiro atoms. The Kier molecular flexibility index (Phi) is 8.68. The Hall–Kier alpha value is -4.32. The molecule has 190 valence electrons. The number of nitrogens with one attached hydrogen (secondary N) is 3. The van der Waals surface area contributed by atoms with Crippen LogP contribution in [0.3, 0.4) is 0 Å². The molecule has 1 aliphatic rings. The van der Waals surface area contributed by atoms with Crippen LogP contribution < -0.4 is 25.8 Å². The molecule has 1 heterocycles. The van der Waals surface area contributed by atoms with Crippen molar-refractivity contribution >= 4 is 41.2 Å². The zero-order valence-corrected chi connectivity index (χ0v) is 20.1. The summed E-state index contributed by atoms with van der Waals surface area (Å²) in [4.78, 5) is 61.1. The molecule has 13 heteroatoms. The van der Waals surface area contributed by atoms with Crippen molar-refractivity contribution < 1.29 is 38.2 Å². The number of hydrogen-bond acceptors (Lipinski definition) is 8. The number of hydrazine groups is 2. The van der Waals surface area contributed by atoms with E-state index in [1.165, 1.54) is 38.5 Å². The SMILES string of the molecule is COc1ccc(C(=O)NN2C[C@@H](C(=O)OCC(=O)NNC(=O)c3ccccc3Cl)CC2=O)cc1OC. The molecule has 0 radical (unpaired) electrons. The van der Waals surface area contributed by atoms with Crippen LogP contribution in [-0.2, 0) is 19.1 Å². The number of nitrogens with zero attached hydrogens (tertiary/aromatic N) is 1. The summed E-state index contributed by atoms with van der Waals surface area (Å²) in [5.41, 5.74) is 7.06. The van der Waals surface area contributed by atoms with Gasteiger partial charge >= 0.3 is 5.97 Å². The minimum atomic E-state index is -0.895. The highest BCUT2D eigenvalue weighted by Gasteiger charge is 2.36. The molecule has 0 aliphatic carbocycles. The number of carbonyl (C=O) groups excluding carboxylic acids is 5. The third-order valence-corrected chi connectivity index (χ3v) is 5.45. The fraction of sp³-hybridized carbons (Fsp3) is 0.261. The smallest absolute Gasteiger partial charge is 0.311 e. The summed E-state index contributed by atoms with van der Waals surface area (Å²) >= 11 is 5.91. The third kappa shape index (κ3) is 6.42. The van der Waals surface area contributed by atoms with Crippen molar-refractivity contribution in [3.8, 4) is 11.5 Å². The Morgan fingerprint density at radius 2 is 1.72 bits per heavy atom. The number of amides is 4. The highest BCUT2D eigenvalue weighted by molar-refractivity contribution is 6.33. The maximum atomic E-state index is 12.5. The van der Waals surface area contributed by atoms with Gasteiger partial charge in [0, 0.05) is 12.0 Å². The summed E-state index contributed by atoms with van der Waals surface area (Å²) in [5, 5.41) is 1.21. The number of rotatable bonds is 8. The van der Waals surface area contributed by atoms with E-state index in [0.717, 1.165) is 5.01 Å². The third-order valence-electron chi connectivity index (χ3n) is 5.12. The van der Waals surface area contributed by atoms with Crippen LogP contribution in [0.2, 0.25) is 5.02 Å². The Balaban J connectivity index is 1.46. The fourth-order valence-corrected chi connectivity index (χ4v) is 3.49. The van der Waals surface area contributed by atoms with Crippen molar-refractivity contribution in [1.29, 1.82) is 0 Å². The average molecular weight is 519 g/mol. The lowest BCUT2D eigenvalue weighted by atomic mass is 10.1. The van der Waals surface area contributed by atoms with Crippen molar-refractivity contribution in [2.75, 3.05) is 27.4 Å². The molecule has 3 N–H and O–H groups in total. The average Bonchev–Trinajstić information content (AvgIpc) is 3.25. The largest absolute Gasteiger partial charge is 0.493 e. The monoisotopic (exact) mass is 518 g/mol. The van der Waals surface area contributed by atoms with E-state index >= 15 is 0 Å². The molecule has 0 saturated carbocycles. The number of hydrogen-bond donors (Lipinski definition) is 3. The van der Waals surface area contributed by atoms with Crippen LogP contribution in [0.1, 0.15) is 27.1 Å². The van der Waals surface area contributed by atoms with Gasteiger partial charge in [-0.3, -0.25) is 45.3 Å². The lowest BCUT2D eigenvalue weighted by molar-refractivity contribution is -0.152. The number of halogens is 1. The van der Waals surface area contributed by atoms with Gasteiger partial charge in [-0.2, -0.15) is 0 Å². The number of ether oxygens (including phenoxy) is 3. The van der Waals surface area contributed by atoms with Gasteiger partial charge in [-0.1, -0.05) is 23.7 Å². The lowest BCUT2D eigenvalue weighted by Gasteiger charge is -2.18. The van der Waals surface area contributed by atoms with E-state index in [1.807, 2.05) is 0 Å². The second kappa shape index (κ2) is 11.9. The molecule has 36 heavy (non-hydrogen) atoms. The van der Waals surface area contributed by atoms with E-state index in [0.29, 0.717) is 11.5 Å². The summed E-state index contributed by atoms with van der Waals surface area (Å²) < 4.78 is 15.2. The molecular formula is C23H23ClN4O8. The van der Waals surface area contributed by atoms with Crippen molar-refractivity contribution in [3.63, 3.8) is 0 Å². The molecule has 12 nitrogen and oxygen atoms in total. The topological polar surface area (TPSA) is 152 Å². The van der Waals surface area contributed by atoms with E-state index in [4.69, 9.17) is 25.8 Å². The molecular weight excluding hydrogens is 496 g/mol. The molecule has 0 aromatic heterocycles. The summed E-state index contributed by atoms with van der Waals surface area (Å²) in [6.07, 6.45) is -0.212. The minimum absolute atomic E-state index is 0.137. The van der Waals surface area contributed by atoms with Gasteiger partial charge < -0.3 is 14.2 Å². The van der Waals surface area contributed by atoms with Gasteiger partial charge in [0.25, 0.3) is 17.7 Å². The molecule has 3 rings (SSSR count). The van der Waals surface area contributed by atoms with Crippen LogP contribution >= 0.6 is 11.6 Å². The second-order valence-electron chi connectivity index (χ2n) is 7.51. The molecule has 1 fully saturated rings. The van der Waals surface area contributed by atoms with Gasteiger partial charge in [-0.05, 0) is 30.3 Å². The predicted octanol–water partition coefficient (Wildman–Crippen LogP) is 0.855. The van der Waals surface area contributed by atoms with Crippen LogP contribution in [0.15, 0.2) is 42.5 Å². The van der Waals surface area contributed by atoms with Crippen molar-refractivity contribution in [3.05, 3.63) is 58.6 Å². The van der Waals surface area contributed by atoms with Gasteiger partial charge in [0.05, 0.1) is 37.3 Å². The highest BCUT2D eigenvalue weighted by Crippen LogP contribution is 2.27. The van der Waals surface area contributed by atoms with Gasteiger partial charge in [0.2, 0.25) is 5.91 Å². The Morgan fingerprint density at radius 3 is 2.42 bits per heavy atom. The number of carbonyl (C=O) groups is 5. The zero-order valence-electron chi connectivity index (χ0n) is 19.3. The van der Waals surface area contributed by atoms with E-state index in [-0.39, 0.29) is 29.1 Å². The minimum Gasteiger partial charge on any atom is -0.493 e. The molecule has 1 aliphatic heterocycles. The summed E-state index contributed by atoms with van der Waals surface area (Å²) in [5.74, 6) is -3.47. The van der Waals surface area contributed by atoms with Crippen LogP contribution in [0, 0.1) is 5.92 Å². The molecule has 0 unspecified atom stereocenters. The fourth-order valence-electron chi connectivity index (χ4n) is 3.27. The zero-order chi connectivity index (χ0) is 26.2. The summed E-state index contributed by atoms with van der Waals surface area (Å²) in [6, 6.07) is 10.7. The molecule has 0 bridgehead atoms. The molecule has 1 saturated heterocycles. The maximum absolute atomic E-state index is 12.5. The Morgan fingerprint density at radius 1 is 1.00 bits per heavy atom.